The van der Waals surface area contributed by atoms with Crippen molar-refractivity contribution in [2.24, 2.45) is 7.05 Å². The van der Waals surface area contributed by atoms with Gasteiger partial charge in [0.25, 0.3) is 5.91 Å². The molecule has 3 aromatic heterocycles. The maximum atomic E-state index is 12.6. The van der Waals surface area contributed by atoms with Crippen molar-refractivity contribution in [1.82, 2.24) is 14.8 Å². The van der Waals surface area contributed by atoms with Crippen LogP contribution in [-0.4, -0.2) is 45.0 Å². The molecule has 1 fully saturated rings. The number of amides is 1. The number of methoxy groups -OCH3 is 1. The highest BCUT2D eigenvalue weighted by atomic mass is 35.5. The van der Waals surface area contributed by atoms with Gasteiger partial charge in [0, 0.05) is 19.3 Å². The van der Waals surface area contributed by atoms with E-state index < -0.39 is 17.6 Å². The van der Waals surface area contributed by atoms with Crippen LogP contribution in [0.15, 0.2) is 27.5 Å². The molecule has 3 heterocycles. The van der Waals surface area contributed by atoms with Crippen molar-refractivity contribution in [3.05, 3.63) is 39.5 Å². The second kappa shape index (κ2) is 8.09. The number of aromatic nitrogens is 3. The quantitative estimate of drug-likeness (QED) is 0.520. The Morgan fingerprint density at radius 3 is 2.83 bits per heavy atom. The Labute approximate surface area is 179 Å². The van der Waals surface area contributed by atoms with Gasteiger partial charge in [-0.15, -0.1) is 10.2 Å². The van der Waals surface area contributed by atoms with Gasteiger partial charge in [0.1, 0.15) is 0 Å². The zero-order chi connectivity index (χ0) is 21.4. The van der Waals surface area contributed by atoms with Crippen LogP contribution in [0, 0.1) is 0 Å². The number of rotatable bonds is 6. The molecule has 0 spiro atoms. The summed E-state index contributed by atoms with van der Waals surface area (Å²) in [6, 6.07) is 2.87. The molecule has 12 heteroatoms. The summed E-state index contributed by atoms with van der Waals surface area (Å²) in [5, 5.41) is 24.6. The van der Waals surface area contributed by atoms with Gasteiger partial charge in [-0.1, -0.05) is 22.9 Å². The van der Waals surface area contributed by atoms with Gasteiger partial charge in [0.2, 0.25) is 10.9 Å². The molecule has 0 bridgehead atoms. The minimum absolute atomic E-state index is 0.0674. The molecule has 1 amide bonds. The molecule has 30 heavy (non-hydrogen) atoms. The normalized spacial score (nSPS) is 18.0. The van der Waals surface area contributed by atoms with Crippen LogP contribution in [0.1, 0.15) is 23.4 Å². The standard InChI is InChI=1S/C18H18ClN5O5S/c1-24-6-5-8(19)13(24)16-22-23-18(30-16)21-15(26)12-7-10(14(28-2)17(27)29-12)20-9-3-4-11(9)25/h5-7,9,11,20,25H,3-4H2,1-2H3,(H,21,23,26)/t9-,11+/m1/s1. The number of hydrogen-bond donors (Lipinski definition) is 3. The van der Waals surface area contributed by atoms with E-state index in [0.29, 0.717) is 22.1 Å². The maximum absolute atomic E-state index is 12.6. The van der Waals surface area contributed by atoms with Crippen LogP contribution in [0.5, 0.6) is 5.75 Å². The van der Waals surface area contributed by atoms with Gasteiger partial charge in [0.15, 0.2) is 10.8 Å². The number of nitrogens with zero attached hydrogens (tertiary/aromatic N) is 3. The topological polar surface area (TPSA) is 132 Å². The highest BCUT2D eigenvalue weighted by Crippen LogP contribution is 2.33. The number of aryl methyl sites for hydroxylation is 1. The number of nitrogens with one attached hydrogen (secondary N) is 2. The van der Waals surface area contributed by atoms with Crippen LogP contribution >= 0.6 is 22.9 Å². The monoisotopic (exact) mass is 451 g/mol. The predicted octanol–water partition coefficient (Wildman–Crippen LogP) is 2.35. The molecule has 0 unspecified atom stereocenters. The van der Waals surface area contributed by atoms with Crippen LogP contribution in [0.25, 0.3) is 10.7 Å². The van der Waals surface area contributed by atoms with E-state index in [-0.39, 0.29) is 28.4 Å². The smallest absolute Gasteiger partial charge is 0.381 e. The third-order valence-corrected chi connectivity index (χ3v) is 5.94. The van der Waals surface area contributed by atoms with Gasteiger partial charge in [-0.25, -0.2) is 4.79 Å². The molecule has 0 aliphatic heterocycles. The fourth-order valence-corrected chi connectivity index (χ4v) is 4.20. The molecule has 3 aromatic rings. The summed E-state index contributed by atoms with van der Waals surface area (Å²) in [5.74, 6) is -0.972. The average Bonchev–Trinajstić information content (AvgIpc) is 3.30. The first-order chi connectivity index (χ1) is 14.4. The van der Waals surface area contributed by atoms with E-state index in [1.54, 1.807) is 16.8 Å². The van der Waals surface area contributed by atoms with Crippen LogP contribution in [0.2, 0.25) is 5.02 Å². The van der Waals surface area contributed by atoms with E-state index >= 15 is 0 Å². The number of anilines is 2. The molecule has 0 saturated heterocycles. The summed E-state index contributed by atoms with van der Waals surface area (Å²) in [4.78, 5) is 24.9. The summed E-state index contributed by atoms with van der Waals surface area (Å²) in [7, 11) is 3.15. The van der Waals surface area contributed by atoms with E-state index in [2.05, 4.69) is 20.8 Å². The molecule has 0 aromatic carbocycles. The predicted molar refractivity (Wildman–Crippen MR) is 111 cm³/mol. The first-order valence-electron chi connectivity index (χ1n) is 9.00. The Hall–Kier alpha value is -2.89. The minimum Gasteiger partial charge on any atom is -0.488 e. The third-order valence-electron chi connectivity index (χ3n) is 4.79. The highest BCUT2D eigenvalue weighted by Gasteiger charge is 2.30. The maximum Gasteiger partial charge on any atom is 0.381 e. The second-order valence-corrected chi connectivity index (χ2v) is 8.11. The van der Waals surface area contributed by atoms with Crippen LogP contribution < -0.4 is 21.0 Å². The Morgan fingerprint density at radius 1 is 1.43 bits per heavy atom. The highest BCUT2D eigenvalue weighted by molar-refractivity contribution is 7.18. The zero-order valence-corrected chi connectivity index (χ0v) is 17.6. The van der Waals surface area contributed by atoms with Gasteiger partial charge in [-0.05, 0) is 18.9 Å². The summed E-state index contributed by atoms with van der Waals surface area (Å²) >= 11 is 7.30. The number of carbonyl (C=O) groups is 1. The lowest BCUT2D eigenvalue weighted by Gasteiger charge is -2.34. The van der Waals surface area contributed by atoms with Crippen molar-refractivity contribution < 1.29 is 19.1 Å². The van der Waals surface area contributed by atoms with E-state index in [4.69, 9.17) is 20.8 Å². The van der Waals surface area contributed by atoms with Gasteiger partial charge >= 0.3 is 5.63 Å². The third kappa shape index (κ3) is 3.78. The van der Waals surface area contributed by atoms with Crippen LogP contribution in [0.4, 0.5) is 10.8 Å². The molecular formula is C18H18ClN5O5S. The van der Waals surface area contributed by atoms with Gasteiger partial charge in [-0.2, -0.15) is 0 Å². The lowest BCUT2D eigenvalue weighted by atomic mass is 9.89. The van der Waals surface area contributed by atoms with E-state index in [9.17, 15) is 14.7 Å². The molecule has 158 valence electrons. The molecular weight excluding hydrogens is 434 g/mol. The lowest BCUT2D eigenvalue weighted by molar-refractivity contribution is 0.0784. The van der Waals surface area contributed by atoms with E-state index in [1.807, 2.05) is 7.05 Å². The number of halogens is 1. The summed E-state index contributed by atoms with van der Waals surface area (Å²) < 4.78 is 12.0. The summed E-state index contributed by atoms with van der Waals surface area (Å²) in [5.41, 5.74) is 0.141. The minimum atomic E-state index is -0.810. The molecule has 1 aliphatic rings. The molecule has 2 atom stereocenters. The van der Waals surface area contributed by atoms with Gasteiger partial charge in [0.05, 0.1) is 35.7 Å². The van der Waals surface area contributed by atoms with Crippen molar-refractivity contribution in [3.8, 4) is 16.5 Å². The molecule has 1 saturated carbocycles. The van der Waals surface area contributed by atoms with Crippen molar-refractivity contribution in [2.45, 2.75) is 25.0 Å². The lowest BCUT2D eigenvalue weighted by Crippen LogP contribution is -2.43. The Balaban J connectivity index is 1.56. The van der Waals surface area contributed by atoms with Gasteiger partial charge < -0.3 is 24.1 Å². The largest absolute Gasteiger partial charge is 0.488 e. The molecule has 3 N–H and O–H groups in total. The molecule has 10 nitrogen and oxygen atoms in total. The van der Waals surface area contributed by atoms with Crippen molar-refractivity contribution in [1.29, 1.82) is 0 Å². The van der Waals surface area contributed by atoms with E-state index in [1.165, 1.54) is 13.2 Å². The van der Waals surface area contributed by atoms with Gasteiger partial charge in [-0.3, -0.25) is 10.1 Å². The van der Waals surface area contributed by atoms with Crippen molar-refractivity contribution >= 4 is 39.7 Å². The van der Waals surface area contributed by atoms with E-state index in [0.717, 1.165) is 17.8 Å². The number of ether oxygens (including phenoxy) is 1. The Kier molecular flexibility index (Phi) is 5.50. The number of aliphatic hydroxyl groups excluding tert-OH is 1. The fraction of sp³-hybridized carbons (Fsp3) is 0.333. The first-order valence-corrected chi connectivity index (χ1v) is 10.2. The molecule has 4 rings (SSSR count). The summed E-state index contributed by atoms with van der Waals surface area (Å²) in [6.07, 6.45) is 2.67. The van der Waals surface area contributed by atoms with Crippen molar-refractivity contribution in [2.75, 3.05) is 17.7 Å². The molecule has 1 aliphatic carbocycles. The number of hydrogen-bond acceptors (Lipinski definition) is 9. The Morgan fingerprint density at radius 2 is 2.23 bits per heavy atom. The summed E-state index contributed by atoms with van der Waals surface area (Å²) in [6.45, 7) is 0. The first kappa shape index (κ1) is 20.4. The average molecular weight is 452 g/mol. The second-order valence-electron chi connectivity index (χ2n) is 6.73. The zero-order valence-electron chi connectivity index (χ0n) is 16.0. The van der Waals surface area contributed by atoms with Crippen LogP contribution in [-0.2, 0) is 7.05 Å². The van der Waals surface area contributed by atoms with Crippen molar-refractivity contribution in [3.63, 3.8) is 0 Å². The van der Waals surface area contributed by atoms with Crippen LogP contribution in [0.3, 0.4) is 0 Å². The fourth-order valence-electron chi connectivity index (χ4n) is 3.03. The molecule has 0 radical (unpaired) electrons. The number of aliphatic hydroxyl groups is 1. The Bertz CT molecular complexity index is 1140. The SMILES string of the molecule is COc1c(N[C@@H]2CC[C@@H]2O)cc(C(=O)Nc2nnc(-c3c(Cl)ccn3C)s2)oc1=O. The number of carbonyl (C=O) groups excluding carboxylic acids is 1.